The van der Waals surface area contributed by atoms with Gasteiger partial charge in [-0.15, -0.1) is 0 Å². The van der Waals surface area contributed by atoms with Crippen LogP contribution in [0, 0.1) is 0 Å². The third kappa shape index (κ3) is 3.26. The second-order valence-corrected chi connectivity index (χ2v) is 5.28. The predicted octanol–water partition coefficient (Wildman–Crippen LogP) is 1.45. The molecule has 0 fully saturated rings. The quantitative estimate of drug-likeness (QED) is 0.731. The minimum atomic E-state index is -0.285. The molecule has 0 N–H and O–H groups in total. The number of hydrogen-bond acceptors (Lipinski definition) is 4. The van der Waals surface area contributed by atoms with E-state index in [0.29, 0.717) is 17.6 Å². The highest BCUT2D eigenvalue weighted by atomic mass is 16.2. The zero-order valence-electron chi connectivity index (χ0n) is 12.7. The third-order valence-electron chi connectivity index (χ3n) is 3.61. The largest absolute Gasteiger partial charge is 0.340 e. The molecule has 0 atom stereocenters. The van der Waals surface area contributed by atoms with E-state index >= 15 is 0 Å². The fraction of sp³-hybridized carbons (Fsp3) is 0.176. The zero-order valence-corrected chi connectivity index (χ0v) is 12.7. The number of aromatic nitrogens is 3. The summed E-state index contributed by atoms with van der Waals surface area (Å²) in [6, 6.07) is 11.0. The van der Waals surface area contributed by atoms with Crippen molar-refractivity contribution in [2.24, 2.45) is 0 Å². The molecule has 0 saturated heterocycles. The number of fused-ring (bicyclic) bond motifs is 1. The maximum Gasteiger partial charge on any atom is 0.269 e. The Kier molecular flexibility index (Phi) is 4.14. The number of carbonyl (C=O) groups excluding carboxylic acids is 1. The Balaban J connectivity index is 1.83. The number of nitrogens with zero attached hydrogens (tertiary/aromatic N) is 4. The van der Waals surface area contributed by atoms with Gasteiger partial charge in [0, 0.05) is 26.0 Å². The highest BCUT2D eigenvalue weighted by Gasteiger charge is 2.13. The van der Waals surface area contributed by atoms with Crippen molar-refractivity contribution < 1.29 is 4.79 Å². The summed E-state index contributed by atoms with van der Waals surface area (Å²) < 4.78 is 1.45. The van der Waals surface area contributed by atoms with Crippen molar-refractivity contribution in [3.05, 3.63) is 70.9 Å². The number of rotatable bonds is 4. The molecule has 23 heavy (non-hydrogen) atoms. The van der Waals surface area contributed by atoms with Crippen LogP contribution >= 0.6 is 0 Å². The van der Waals surface area contributed by atoms with Crippen molar-refractivity contribution in [2.45, 2.75) is 13.1 Å². The van der Waals surface area contributed by atoms with E-state index in [4.69, 9.17) is 0 Å². The fourth-order valence-corrected chi connectivity index (χ4v) is 2.39. The Hall–Kier alpha value is -3.02. The van der Waals surface area contributed by atoms with Crippen molar-refractivity contribution in [3.63, 3.8) is 0 Å². The second kappa shape index (κ2) is 6.39. The molecule has 0 bridgehead atoms. The number of amides is 1. The Labute approximate surface area is 133 Å². The first-order valence-corrected chi connectivity index (χ1v) is 7.22. The summed E-state index contributed by atoms with van der Waals surface area (Å²) in [4.78, 5) is 34.2. The van der Waals surface area contributed by atoms with Gasteiger partial charge in [0.15, 0.2) is 0 Å². The summed E-state index contributed by atoms with van der Waals surface area (Å²) in [5.74, 6) is -0.146. The Morgan fingerprint density at radius 1 is 1.17 bits per heavy atom. The van der Waals surface area contributed by atoms with E-state index < -0.39 is 0 Å². The zero-order chi connectivity index (χ0) is 16.2. The molecule has 0 aliphatic heterocycles. The molecule has 6 nitrogen and oxygen atoms in total. The maximum atomic E-state index is 12.4. The van der Waals surface area contributed by atoms with Crippen LogP contribution in [0.1, 0.15) is 5.56 Å². The van der Waals surface area contributed by atoms with E-state index in [2.05, 4.69) is 9.97 Å². The molecule has 0 aliphatic carbocycles. The standard InChI is InChI=1S/C17H16N4O2/c1-20(11-13-5-4-8-18-9-13)17(23)12-21-15-7-3-2-6-14(15)19-10-16(21)22/h2-10H,11-12H2,1H3. The molecule has 2 heterocycles. The lowest BCUT2D eigenvalue weighted by atomic mass is 10.2. The Bertz CT molecular complexity index is 890. The van der Waals surface area contributed by atoms with E-state index in [0.717, 1.165) is 5.56 Å². The minimum absolute atomic E-state index is 0.0152. The number of pyridine rings is 1. The van der Waals surface area contributed by atoms with Gasteiger partial charge < -0.3 is 4.90 Å². The highest BCUT2D eigenvalue weighted by molar-refractivity contribution is 5.79. The molecule has 6 heteroatoms. The molecule has 0 saturated carbocycles. The molecule has 2 aromatic heterocycles. The van der Waals surface area contributed by atoms with Gasteiger partial charge in [0.05, 0.1) is 17.2 Å². The van der Waals surface area contributed by atoms with E-state index in [1.165, 1.54) is 10.8 Å². The molecular formula is C17H16N4O2. The minimum Gasteiger partial charge on any atom is -0.340 e. The number of para-hydroxylation sites is 2. The molecule has 1 aromatic carbocycles. The van der Waals surface area contributed by atoms with Gasteiger partial charge >= 0.3 is 0 Å². The summed E-state index contributed by atoms with van der Waals surface area (Å²) in [5, 5.41) is 0. The Morgan fingerprint density at radius 3 is 2.78 bits per heavy atom. The van der Waals surface area contributed by atoms with Gasteiger partial charge in [-0.2, -0.15) is 0 Å². The van der Waals surface area contributed by atoms with E-state index in [-0.39, 0.29) is 18.0 Å². The molecular weight excluding hydrogens is 292 g/mol. The first-order valence-electron chi connectivity index (χ1n) is 7.22. The first-order chi connectivity index (χ1) is 11.1. The summed E-state index contributed by atoms with van der Waals surface area (Å²) in [6.07, 6.45) is 4.66. The summed E-state index contributed by atoms with van der Waals surface area (Å²) in [7, 11) is 1.71. The van der Waals surface area contributed by atoms with Crippen LogP contribution < -0.4 is 5.56 Å². The molecule has 116 valence electrons. The van der Waals surface area contributed by atoms with Crippen LogP contribution in [0.25, 0.3) is 11.0 Å². The van der Waals surface area contributed by atoms with Gasteiger partial charge in [-0.3, -0.25) is 19.1 Å². The molecule has 0 aliphatic rings. The molecule has 0 unspecified atom stereocenters. The van der Waals surface area contributed by atoms with Crippen LogP contribution in [0.4, 0.5) is 0 Å². The smallest absolute Gasteiger partial charge is 0.269 e. The first kappa shape index (κ1) is 14.9. The average molecular weight is 308 g/mol. The topological polar surface area (TPSA) is 68.1 Å². The van der Waals surface area contributed by atoms with Crippen molar-refractivity contribution in [1.82, 2.24) is 19.4 Å². The lowest BCUT2D eigenvalue weighted by Gasteiger charge is -2.18. The van der Waals surface area contributed by atoms with Crippen LogP contribution in [-0.2, 0) is 17.9 Å². The lowest BCUT2D eigenvalue weighted by Crippen LogP contribution is -2.33. The van der Waals surface area contributed by atoms with Crippen LogP contribution in [0.2, 0.25) is 0 Å². The van der Waals surface area contributed by atoms with Crippen molar-refractivity contribution in [3.8, 4) is 0 Å². The number of benzene rings is 1. The van der Waals surface area contributed by atoms with Crippen molar-refractivity contribution in [2.75, 3.05) is 7.05 Å². The van der Waals surface area contributed by atoms with Gasteiger partial charge in [0.2, 0.25) is 5.91 Å². The second-order valence-electron chi connectivity index (χ2n) is 5.28. The summed E-state index contributed by atoms with van der Waals surface area (Å²) in [6.45, 7) is 0.434. The normalized spacial score (nSPS) is 10.7. The maximum absolute atomic E-state index is 12.4. The fourth-order valence-electron chi connectivity index (χ4n) is 2.39. The monoisotopic (exact) mass is 308 g/mol. The molecule has 3 aromatic rings. The van der Waals surface area contributed by atoms with Gasteiger partial charge in [-0.1, -0.05) is 18.2 Å². The molecule has 0 spiro atoms. The SMILES string of the molecule is CN(Cc1cccnc1)C(=O)Cn1c(=O)cnc2ccccc21. The molecule has 3 rings (SSSR count). The average Bonchev–Trinajstić information content (AvgIpc) is 2.58. The summed E-state index contributed by atoms with van der Waals surface area (Å²) >= 11 is 0. The van der Waals surface area contributed by atoms with E-state index in [1.807, 2.05) is 30.3 Å². The van der Waals surface area contributed by atoms with Crippen LogP contribution in [0.5, 0.6) is 0 Å². The number of carbonyl (C=O) groups is 1. The van der Waals surface area contributed by atoms with Crippen LogP contribution in [0.3, 0.4) is 0 Å². The van der Waals surface area contributed by atoms with Crippen molar-refractivity contribution >= 4 is 16.9 Å². The molecule has 1 amide bonds. The van der Waals surface area contributed by atoms with E-state index in [1.54, 1.807) is 30.4 Å². The van der Waals surface area contributed by atoms with Gasteiger partial charge in [0.25, 0.3) is 5.56 Å². The molecule has 0 radical (unpaired) electrons. The highest BCUT2D eigenvalue weighted by Crippen LogP contribution is 2.09. The van der Waals surface area contributed by atoms with E-state index in [9.17, 15) is 9.59 Å². The number of likely N-dealkylation sites (N-methyl/N-ethyl adjacent to an activating group) is 1. The Morgan fingerprint density at radius 2 is 2.00 bits per heavy atom. The van der Waals surface area contributed by atoms with Crippen LogP contribution in [0.15, 0.2) is 59.8 Å². The summed E-state index contributed by atoms with van der Waals surface area (Å²) in [5.41, 5.74) is 2.00. The van der Waals surface area contributed by atoms with Gasteiger partial charge in [-0.05, 0) is 23.8 Å². The third-order valence-corrected chi connectivity index (χ3v) is 3.61. The lowest BCUT2D eigenvalue weighted by molar-refractivity contribution is -0.131. The predicted molar refractivity (Wildman–Crippen MR) is 86.7 cm³/mol. The van der Waals surface area contributed by atoms with Gasteiger partial charge in [0.1, 0.15) is 6.54 Å². The number of hydrogen-bond donors (Lipinski definition) is 0. The van der Waals surface area contributed by atoms with Gasteiger partial charge in [-0.25, -0.2) is 4.98 Å². The van der Waals surface area contributed by atoms with Crippen LogP contribution in [-0.4, -0.2) is 32.4 Å². The van der Waals surface area contributed by atoms with Crippen molar-refractivity contribution in [1.29, 1.82) is 0 Å².